The predicted octanol–water partition coefficient (Wildman–Crippen LogP) is 3.46. The van der Waals surface area contributed by atoms with Crippen LogP contribution in [-0.4, -0.2) is 68.5 Å². The Hall–Kier alpha value is -1.05. The van der Waals surface area contributed by atoms with Crippen molar-refractivity contribution in [2.24, 2.45) is 0 Å². The van der Waals surface area contributed by atoms with Gasteiger partial charge in [-0.15, -0.1) is 24.3 Å². The van der Waals surface area contributed by atoms with Crippen LogP contribution in [0.2, 0.25) is 0 Å². The maximum Gasteiger partial charge on any atom is 1.00 e. The minimum atomic E-state index is 0. The fourth-order valence-corrected chi connectivity index (χ4v) is 6.53. The average Bonchev–Trinajstić information content (AvgIpc) is 3.43. The molecule has 5 nitrogen and oxygen atoms in total. The third-order valence-corrected chi connectivity index (χ3v) is 9.00. The summed E-state index contributed by atoms with van der Waals surface area (Å²) < 4.78 is 25.8. The van der Waals surface area contributed by atoms with Gasteiger partial charge in [0, 0.05) is 6.54 Å². The molecule has 2 aliphatic rings. The first kappa shape index (κ1) is 34.0. The summed E-state index contributed by atoms with van der Waals surface area (Å²) in [6.07, 6.45) is 4.11. The van der Waals surface area contributed by atoms with Crippen LogP contribution < -0.4 is 28.3 Å². The van der Waals surface area contributed by atoms with Crippen LogP contribution in [0.1, 0.15) is 30.4 Å². The van der Waals surface area contributed by atoms with Crippen LogP contribution in [0.25, 0.3) is 0 Å². The van der Waals surface area contributed by atoms with Crippen LogP contribution in [-0.2, 0) is 9.47 Å². The van der Waals surface area contributed by atoms with E-state index >= 15 is 0 Å². The zero-order valence-corrected chi connectivity index (χ0v) is 25.5. The van der Waals surface area contributed by atoms with E-state index in [0.717, 1.165) is 49.0 Å². The Labute approximate surface area is 250 Å². The molecule has 1 fully saturated rings. The minimum absolute atomic E-state index is 0. The van der Waals surface area contributed by atoms with E-state index in [9.17, 15) is 0 Å². The molecule has 0 aliphatic carbocycles. The number of piperidine rings is 1. The molecule has 2 aromatic carbocycles. The van der Waals surface area contributed by atoms with E-state index in [-0.39, 0.29) is 39.6 Å². The molecule has 0 amide bonds. The van der Waals surface area contributed by atoms with Gasteiger partial charge < -0.3 is 59.7 Å². The van der Waals surface area contributed by atoms with Gasteiger partial charge in [-0.1, -0.05) is 11.8 Å². The van der Waals surface area contributed by atoms with E-state index in [4.69, 9.17) is 18.9 Å². The van der Waals surface area contributed by atoms with E-state index in [2.05, 4.69) is 27.5 Å². The summed E-state index contributed by atoms with van der Waals surface area (Å²) in [5, 5.41) is 2.17. The zero-order valence-electron chi connectivity index (χ0n) is 22.5. The third kappa shape index (κ3) is 16.5. The monoisotopic (exact) mass is 631 g/mol. The molecule has 8 heteroatoms. The van der Waals surface area contributed by atoms with Gasteiger partial charge in [0.2, 0.25) is 0 Å². The van der Waals surface area contributed by atoms with Gasteiger partial charge in [0.25, 0.3) is 0 Å². The van der Waals surface area contributed by atoms with Crippen molar-refractivity contribution in [3.63, 3.8) is 0 Å². The smallest absolute Gasteiger partial charge is 0.510 e. The van der Waals surface area contributed by atoms with Gasteiger partial charge in [0.1, 0.15) is 0 Å². The zero-order chi connectivity index (χ0) is 25.8. The molecule has 1 saturated heterocycles. The van der Waals surface area contributed by atoms with Crippen molar-refractivity contribution in [2.45, 2.75) is 19.3 Å². The van der Waals surface area contributed by atoms with E-state index < -0.39 is 0 Å². The Balaban J connectivity index is 0.000000304. The summed E-state index contributed by atoms with van der Waals surface area (Å²) in [5.74, 6) is 1.73. The minimum Gasteiger partial charge on any atom is -0.510 e. The maximum atomic E-state index is 5.60. The van der Waals surface area contributed by atoms with Crippen LogP contribution in [0, 0.1) is 13.8 Å². The van der Waals surface area contributed by atoms with E-state index in [1.54, 1.807) is 26.0 Å². The van der Waals surface area contributed by atoms with Crippen LogP contribution in [0.15, 0.2) is 57.5 Å². The van der Waals surface area contributed by atoms with Gasteiger partial charge in [0.15, 0.2) is 0 Å². The topological polar surface area (TPSA) is 40.2 Å². The molecule has 2 aromatic rings. The van der Waals surface area contributed by atoms with Crippen LogP contribution in [0.4, 0.5) is 0 Å². The SMILES string of the molecule is [C-]1=IC(COCCOCCN2CCCCC2)=CS1.[CH2-]c1cccc(OC)c1.[CH2-]c1cccc(OC)c1.[Li+]. The molecule has 0 radical (unpaired) electrons. The standard InChI is InChI=1S/C13H21INO2S.2C8H9O.Li/c1-2-4-15(5-3-1)6-7-16-8-9-17-10-13-11-18-12-14-13;2*1-7-4-3-5-8(6-7)9-2;/h11H,1-10H2;2*3-6H,1H2,2H3;/q3*-1;+1. The molecule has 0 aromatic heterocycles. The number of likely N-dealkylation sites (tertiary alicyclic amines) is 1. The Morgan fingerprint density at radius 2 is 1.46 bits per heavy atom. The van der Waals surface area contributed by atoms with Crippen LogP contribution in [0.5, 0.6) is 11.5 Å². The first-order chi connectivity index (χ1) is 17.6. The summed E-state index contributed by atoms with van der Waals surface area (Å²) in [6.45, 7) is 14.1. The Morgan fingerprint density at radius 1 is 0.865 bits per heavy atom. The van der Waals surface area contributed by atoms with Gasteiger partial charge in [-0.25, -0.2) is 0 Å². The van der Waals surface area contributed by atoms with Gasteiger partial charge in [-0.3, -0.25) is 0 Å². The molecule has 2 aliphatic heterocycles. The number of hydrogen-bond donors (Lipinski definition) is 0. The van der Waals surface area contributed by atoms with Crippen molar-refractivity contribution >= 4 is 35.8 Å². The second-order valence-electron chi connectivity index (χ2n) is 8.12. The van der Waals surface area contributed by atoms with Crippen LogP contribution in [0.3, 0.4) is 0 Å². The summed E-state index contributed by atoms with van der Waals surface area (Å²) in [5.41, 5.74) is 1.96. The molecular weight excluding hydrogens is 592 g/mol. The molecule has 0 atom stereocenters. The maximum absolute atomic E-state index is 5.60. The van der Waals surface area contributed by atoms with Gasteiger partial charge in [-0.05, 0) is 41.6 Å². The molecule has 4 rings (SSSR count). The summed E-state index contributed by atoms with van der Waals surface area (Å²) >= 11 is 1.73. The number of thioether (sulfide) groups is 1. The largest absolute Gasteiger partial charge is 1.00 e. The van der Waals surface area contributed by atoms with Gasteiger partial charge in [-0.2, -0.15) is 37.1 Å². The number of ether oxygens (including phenoxy) is 4. The molecular formula is C29H39ILiNO4S-2. The summed E-state index contributed by atoms with van der Waals surface area (Å²) in [7, 11) is 3.30. The quantitative estimate of drug-likeness (QED) is 0.173. The molecule has 2 heterocycles. The van der Waals surface area contributed by atoms with Crippen molar-refractivity contribution < 1.29 is 37.8 Å². The number of methoxy groups -OCH3 is 2. The van der Waals surface area contributed by atoms with E-state index in [1.807, 2.05) is 48.5 Å². The number of benzene rings is 2. The fourth-order valence-electron chi connectivity index (χ4n) is 3.35. The Kier molecular flexibility index (Phi) is 20.1. The fraction of sp³-hybridized carbons (Fsp3) is 0.414. The first-order valence-electron chi connectivity index (χ1n) is 12.1. The van der Waals surface area contributed by atoms with E-state index in [0.29, 0.717) is 6.61 Å². The number of nitrogens with zero attached hydrogens (tertiary/aromatic N) is 1. The number of rotatable bonds is 10. The number of halogens is 1. The van der Waals surface area contributed by atoms with Crippen molar-refractivity contribution in [3.05, 3.63) is 82.5 Å². The van der Waals surface area contributed by atoms with Gasteiger partial charge >= 0.3 is 18.9 Å². The average molecular weight is 632 g/mol. The Bertz CT molecular complexity index is 877. The van der Waals surface area contributed by atoms with Crippen molar-refractivity contribution in [2.75, 3.05) is 60.3 Å². The molecule has 0 spiro atoms. The molecule has 0 bridgehead atoms. The molecule has 0 unspecified atom stereocenters. The summed E-state index contributed by atoms with van der Waals surface area (Å²) in [4.78, 5) is 2.50. The molecule has 37 heavy (non-hydrogen) atoms. The van der Waals surface area contributed by atoms with Crippen molar-refractivity contribution in [3.8, 4) is 11.5 Å². The van der Waals surface area contributed by atoms with Gasteiger partial charge in [0.05, 0.1) is 52.1 Å². The Morgan fingerprint density at radius 3 is 1.95 bits per heavy atom. The predicted molar refractivity (Wildman–Crippen MR) is 162 cm³/mol. The second kappa shape index (κ2) is 21.8. The second-order valence-corrected chi connectivity index (χ2v) is 12.0. The molecule has 0 saturated carbocycles. The summed E-state index contributed by atoms with van der Waals surface area (Å²) in [6, 6.07) is 15.3. The third-order valence-electron chi connectivity index (χ3n) is 5.27. The van der Waals surface area contributed by atoms with Crippen molar-refractivity contribution in [1.29, 1.82) is 0 Å². The molecule has 0 N–H and O–H groups in total. The first-order valence-corrected chi connectivity index (χ1v) is 15.2. The van der Waals surface area contributed by atoms with Crippen LogP contribution >= 0.6 is 32.5 Å². The molecule has 200 valence electrons. The normalized spacial score (nSPS) is 14.5. The van der Waals surface area contributed by atoms with E-state index in [1.165, 1.54) is 35.9 Å². The number of hydrogen-bond acceptors (Lipinski definition) is 6. The van der Waals surface area contributed by atoms with Crippen molar-refractivity contribution in [1.82, 2.24) is 4.90 Å².